The largest absolute Gasteiger partial charge is 0.454 e. The van der Waals surface area contributed by atoms with E-state index in [1.165, 1.54) is 25.0 Å². The number of rotatable bonds is 7. The molecule has 1 saturated carbocycles. The summed E-state index contributed by atoms with van der Waals surface area (Å²) in [6, 6.07) is 13.1. The van der Waals surface area contributed by atoms with Crippen molar-refractivity contribution < 1.29 is 13.5 Å². The minimum absolute atomic E-state index is 0.0249. The van der Waals surface area contributed by atoms with E-state index in [1.807, 2.05) is 47.4 Å². The molecule has 1 aliphatic carbocycles. The highest BCUT2D eigenvalue weighted by Crippen LogP contribution is 2.42. The number of nitrogens with zero attached hydrogens (tertiary/aromatic N) is 2. The molecule has 2 aromatic heterocycles. The predicted octanol–water partition coefficient (Wildman–Crippen LogP) is 8.15. The van der Waals surface area contributed by atoms with E-state index in [2.05, 4.69) is 25.9 Å². The van der Waals surface area contributed by atoms with Crippen molar-refractivity contribution in [3.8, 4) is 22.6 Å². The molecule has 0 saturated heterocycles. The Morgan fingerprint density at radius 2 is 1.88 bits per heavy atom. The number of hydrogen-bond donors (Lipinski definition) is 1. The Bertz CT molecular complexity index is 1310. The van der Waals surface area contributed by atoms with E-state index in [1.54, 1.807) is 21.1 Å². The van der Waals surface area contributed by atoms with Crippen molar-refractivity contribution in [1.29, 1.82) is 0 Å². The SMILES string of the molecule is Cc1cc(-c2cc(NSC3CC3)ccc2Oc2ccc(F)cc2F)c2ccn(SI)c2n1. The van der Waals surface area contributed by atoms with E-state index < -0.39 is 11.6 Å². The summed E-state index contributed by atoms with van der Waals surface area (Å²) in [5.74, 6) is -0.927. The highest BCUT2D eigenvalue weighted by atomic mass is 127. The number of nitrogens with one attached hydrogen (secondary N) is 1. The van der Waals surface area contributed by atoms with Crippen molar-refractivity contribution in [3.63, 3.8) is 0 Å². The molecule has 164 valence electrons. The minimum Gasteiger partial charge on any atom is -0.454 e. The van der Waals surface area contributed by atoms with Crippen LogP contribution >= 0.6 is 42.3 Å². The van der Waals surface area contributed by atoms with E-state index in [9.17, 15) is 8.78 Å². The van der Waals surface area contributed by atoms with Gasteiger partial charge in [0, 0.05) is 70.2 Å². The van der Waals surface area contributed by atoms with Gasteiger partial charge in [-0.3, -0.25) is 3.97 Å². The van der Waals surface area contributed by atoms with Gasteiger partial charge in [-0.05, 0) is 79.7 Å². The zero-order valence-electron chi connectivity index (χ0n) is 16.9. The number of benzene rings is 2. The van der Waals surface area contributed by atoms with Crippen molar-refractivity contribution in [3.05, 3.63) is 72.1 Å². The lowest BCUT2D eigenvalue weighted by molar-refractivity contribution is 0.439. The first-order valence-electron chi connectivity index (χ1n) is 9.98. The van der Waals surface area contributed by atoms with Gasteiger partial charge in [0.2, 0.25) is 0 Å². The summed E-state index contributed by atoms with van der Waals surface area (Å²) in [6.07, 6.45) is 4.42. The number of hydrogen-bond acceptors (Lipinski definition) is 5. The van der Waals surface area contributed by atoms with Gasteiger partial charge in [-0.2, -0.15) is 0 Å². The second-order valence-electron chi connectivity index (χ2n) is 7.57. The highest BCUT2D eigenvalue weighted by Gasteiger charge is 2.22. The zero-order valence-corrected chi connectivity index (χ0v) is 20.7. The van der Waals surface area contributed by atoms with E-state index >= 15 is 0 Å². The number of pyridine rings is 1. The van der Waals surface area contributed by atoms with Crippen molar-refractivity contribution >= 4 is 59.0 Å². The number of anilines is 1. The zero-order chi connectivity index (χ0) is 22.2. The van der Waals surface area contributed by atoms with Crippen LogP contribution in [-0.4, -0.2) is 14.2 Å². The Morgan fingerprint density at radius 3 is 2.62 bits per heavy atom. The van der Waals surface area contributed by atoms with Crippen LogP contribution < -0.4 is 9.46 Å². The summed E-state index contributed by atoms with van der Waals surface area (Å²) >= 11 is 3.94. The fraction of sp³-hybridized carbons (Fsp3) is 0.174. The summed E-state index contributed by atoms with van der Waals surface area (Å²) in [6.45, 7) is 1.95. The van der Waals surface area contributed by atoms with Gasteiger partial charge in [-0.15, -0.1) is 0 Å². The number of aryl methyl sites for hydroxylation is 1. The fourth-order valence-electron chi connectivity index (χ4n) is 3.40. The maximum absolute atomic E-state index is 14.3. The average Bonchev–Trinajstić information content (AvgIpc) is 3.52. The Morgan fingerprint density at radius 1 is 1.06 bits per heavy atom. The smallest absolute Gasteiger partial charge is 0.168 e. The molecular formula is C23H18F2IN3OS2. The van der Waals surface area contributed by atoms with Crippen LogP contribution in [0.5, 0.6) is 11.5 Å². The third kappa shape index (κ3) is 4.55. The number of aromatic nitrogens is 2. The second kappa shape index (κ2) is 9.11. The molecule has 0 bridgehead atoms. The van der Waals surface area contributed by atoms with Gasteiger partial charge in [-0.25, -0.2) is 13.8 Å². The minimum atomic E-state index is -0.744. The summed E-state index contributed by atoms with van der Waals surface area (Å²) in [4.78, 5) is 4.70. The van der Waals surface area contributed by atoms with Gasteiger partial charge in [0.25, 0.3) is 0 Å². The molecule has 9 heteroatoms. The van der Waals surface area contributed by atoms with Gasteiger partial charge in [0.1, 0.15) is 11.6 Å². The normalized spacial score (nSPS) is 13.5. The molecule has 2 heterocycles. The molecule has 32 heavy (non-hydrogen) atoms. The third-order valence-corrected chi connectivity index (χ3v) is 7.95. The fourth-order valence-corrected chi connectivity index (χ4v) is 5.46. The molecule has 0 radical (unpaired) electrons. The van der Waals surface area contributed by atoms with Crippen LogP contribution in [0.2, 0.25) is 0 Å². The molecule has 0 aliphatic heterocycles. The van der Waals surface area contributed by atoms with Gasteiger partial charge < -0.3 is 9.46 Å². The molecule has 0 spiro atoms. The lowest BCUT2D eigenvalue weighted by atomic mass is 10.0. The molecule has 0 amide bonds. The Kier molecular flexibility index (Phi) is 6.22. The molecule has 4 nitrogen and oxygen atoms in total. The molecule has 0 atom stereocenters. The Hall–Kier alpha value is -1.98. The van der Waals surface area contributed by atoms with Crippen molar-refractivity contribution in [2.75, 3.05) is 4.72 Å². The molecule has 4 aromatic rings. The summed E-state index contributed by atoms with van der Waals surface area (Å²) in [5.41, 5.74) is 4.40. The summed E-state index contributed by atoms with van der Waals surface area (Å²) in [5, 5.41) is 1.61. The second-order valence-corrected chi connectivity index (χ2v) is 10.4. The van der Waals surface area contributed by atoms with Crippen LogP contribution in [0.15, 0.2) is 54.7 Å². The predicted molar refractivity (Wildman–Crippen MR) is 138 cm³/mol. The number of ether oxygens (including phenoxy) is 1. The molecule has 1 aliphatic rings. The number of halogens is 3. The van der Waals surface area contributed by atoms with Crippen molar-refractivity contribution in [1.82, 2.24) is 8.96 Å². The van der Waals surface area contributed by atoms with Crippen molar-refractivity contribution in [2.24, 2.45) is 0 Å². The van der Waals surface area contributed by atoms with Gasteiger partial charge >= 0.3 is 0 Å². The monoisotopic (exact) mass is 581 g/mol. The Labute approximate surface area is 205 Å². The summed E-state index contributed by atoms with van der Waals surface area (Å²) in [7, 11) is 1.54. The van der Waals surface area contributed by atoms with Gasteiger partial charge in [0.15, 0.2) is 17.2 Å². The highest BCUT2D eigenvalue weighted by molar-refractivity contribution is 14.2. The molecule has 0 unspecified atom stereocenters. The van der Waals surface area contributed by atoms with E-state index in [4.69, 9.17) is 9.72 Å². The maximum atomic E-state index is 14.3. The molecule has 1 N–H and O–H groups in total. The van der Waals surface area contributed by atoms with Crippen LogP contribution in [0.3, 0.4) is 0 Å². The maximum Gasteiger partial charge on any atom is 0.168 e. The third-order valence-electron chi connectivity index (χ3n) is 5.08. The van der Waals surface area contributed by atoms with Gasteiger partial charge in [0.05, 0.1) is 0 Å². The molecule has 5 rings (SSSR count). The lowest BCUT2D eigenvalue weighted by Crippen LogP contribution is -1.96. The number of fused-ring (bicyclic) bond motifs is 1. The van der Waals surface area contributed by atoms with Crippen LogP contribution in [-0.2, 0) is 0 Å². The van der Waals surface area contributed by atoms with Gasteiger partial charge in [-0.1, -0.05) is 0 Å². The average molecular weight is 581 g/mol. The molecule has 2 aromatic carbocycles. The first kappa shape index (κ1) is 21.8. The quantitative estimate of drug-likeness (QED) is 0.176. The van der Waals surface area contributed by atoms with E-state index in [0.717, 1.165) is 39.6 Å². The van der Waals surface area contributed by atoms with Crippen molar-refractivity contribution in [2.45, 2.75) is 25.0 Å². The van der Waals surface area contributed by atoms with Crippen LogP contribution in [0.4, 0.5) is 14.5 Å². The topological polar surface area (TPSA) is 39.1 Å². The van der Waals surface area contributed by atoms with Crippen LogP contribution in [0, 0.1) is 18.6 Å². The van der Waals surface area contributed by atoms with E-state index in [0.29, 0.717) is 11.0 Å². The molecule has 1 fully saturated rings. The van der Waals surface area contributed by atoms with Crippen LogP contribution in [0.1, 0.15) is 18.5 Å². The van der Waals surface area contributed by atoms with Crippen LogP contribution in [0.25, 0.3) is 22.2 Å². The molecular weight excluding hydrogens is 563 g/mol. The standard InChI is InChI=1S/C23H18F2IN3OS2/c1-13-10-18(17-8-9-29(32-26)23(17)27-13)19-12-15(28-31-16-4-5-16)3-7-21(19)30-22-6-2-14(24)11-20(22)25/h2-3,6-12,16,28H,4-5H2,1H3. The summed E-state index contributed by atoms with van der Waals surface area (Å²) < 4.78 is 39.1. The Balaban J connectivity index is 1.63. The lowest BCUT2D eigenvalue weighted by Gasteiger charge is -2.16. The first-order chi connectivity index (χ1) is 15.5. The van der Waals surface area contributed by atoms with E-state index in [-0.39, 0.29) is 5.75 Å². The first-order valence-corrected chi connectivity index (χ1v) is 14.2.